The standard InChI is InChI=1S/C14H13FN2O2/c15-11-4-6-12(7-5-11)17-14(19)16-9-10-2-1-3-13(18)8-10/h1-8,18H,9H2,(H2,16,17,19). The number of phenolic OH excluding ortho intramolecular Hbond substituents is 1. The summed E-state index contributed by atoms with van der Waals surface area (Å²) in [7, 11) is 0. The Bertz CT molecular complexity index is 570. The average Bonchev–Trinajstić information content (AvgIpc) is 2.39. The average molecular weight is 260 g/mol. The normalized spacial score (nSPS) is 9.95. The molecule has 2 amide bonds. The zero-order chi connectivity index (χ0) is 13.7. The quantitative estimate of drug-likeness (QED) is 0.794. The Hall–Kier alpha value is -2.56. The van der Waals surface area contributed by atoms with E-state index in [0.29, 0.717) is 12.2 Å². The minimum absolute atomic E-state index is 0.151. The molecule has 0 bridgehead atoms. The summed E-state index contributed by atoms with van der Waals surface area (Å²) in [5, 5.41) is 14.5. The van der Waals surface area contributed by atoms with Gasteiger partial charge in [-0.2, -0.15) is 0 Å². The van der Waals surface area contributed by atoms with Crippen molar-refractivity contribution in [3.05, 3.63) is 59.9 Å². The summed E-state index contributed by atoms with van der Waals surface area (Å²) < 4.78 is 12.7. The first-order valence-electron chi connectivity index (χ1n) is 5.72. The number of carbonyl (C=O) groups excluding carboxylic acids is 1. The van der Waals surface area contributed by atoms with Crippen LogP contribution < -0.4 is 10.6 Å². The van der Waals surface area contributed by atoms with Crippen LogP contribution >= 0.6 is 0 Å². The number of anilines is 1. The van der Waals surface area contributed by atoms with E-state index in [4.69, 9.17) is 0 Å². The number of benzene rings is 2. The number of amides is 2. The molecule has 0 heterocycles. The van der Waals surface area contributed by atoms with Crippen LogP contribution in [0.5, 0.6) is 5.75 Å². The molecular weight excluding hydrogens is 247 g/mol. The maximum absolute atomic E-state index is 12.7. The largest absolute Gasteiger partial charge is 0.508 e. The van der Waals surface area contributed by atoms with Gasteiger partial charge in [0, 0.05) is 12.2 Å². The van der Waals surface area contributed by atoms with Crippen molar-refractivity contribution in [1.29, 1.82) is 0 Å². The molecule has 0 fully saturated rings. The molecule has 0 atom stereocenters. The summed E-state index contributed by atoms with van der Waals surface area (Å²) in [4.78, 5) is 11.6. The highest BCUT2D eigenvalue weighted by Crippen LogP contribution is 2.11. The molecule has 19 heavy (non-hydrogen) atoms. The first-order chi connectivity index (χ1) is 9.13. The van der Waals surface area contributed by atoms with E-state index >= 15 is 0 Å². The molecule has 0 spiro atoms. The lowest BCUT2D eigenvalue weighted by atomic mass is 10.2. The van der Waals surface area contributed by atoms with Crippen molar-refractivity contribution in [2.24, 2.45) is 0 Å². The van der Waals surface area contributed by atoms with Crippen LogP contribution in [0, 0.1) is 5.82 Å². The SMILES string of the molecule is O=C(NCc1cccc(O)c1)Nc1ccc(F)cc1. The van der Waals surface area contributed by atoms with Gasteiger partial charge in [0.25, 0.3) is 0 Å². The van der Waals surface area contributed by atoms with Crippen LogP contribution in [-0.2, 0) is 6.54 Å². The highest BCUT2D eigenvalue weighted by molar-refractivity contribution is 5.89. The number of aromatic hydroxyl groups is 1. The highest BCUT2D eigenvalue weighted by atomic mass is 19.1. The van der Waals surface area contributed by atoms with E-state index in [9.17, 15) is 14.3 Å². The molecule has 0 aliphatic carbocycles. The van der Waals surface area contributed by atoms with Crippen molar-refractivity contribution in [2.45, 2.75) is 6.54 Å². The van der Waals surface area contributed by atoms with Gasteiger partial charge in [-0.05, 0) is 42.0 Å². The molecule has 0 radical (unpaired) electrons. The zero-order valence-electron chi connectivity index (χ0n) is 10.1. The maximum Gasteiger partial charge on any atom is 0.319 e. The van der Waals surface area contributed by atoms with Gasteiger partial charge in [0.05, 0.1) is 0 Å². The maximum atomic E-state index is 12.7. The van der Waals surface area contributed by atoms with Crippen LogP contribution in [0.1, 0.15) is 5.56 Å². The Kier molecular flexibility index (Phi) is 3.97. The van der Waals surface area contributed by atoms with E-state index in [1.54, 1.807) is 24.3 Å². The van der Waals surface area contributed by atoms with Gasteiger partial charge in [0.1, 0.15) is 11.6 Å². The number of rotatable bonds is 3. The van der Waals surface area contributed by atoms with Gasteiger partial charge in [0.2, 0.25) is 0 Å². The van der Waals surface area contributed by atoms with Gasteiger partial charge in [0.15, 0.2) is 0 Å². The van der Waals surface area contributed by atoms with E-state index < -0.39 is 6.03 Å². The lowest BCUT2D eigenvalue weighted by molar-refractivity contribution is 0.251. The van der Waals surface area contributed by atoms with Crippen LogP contribution in [0.3, 0.4) is 0 Å². The molecule has 4 nitrogen and oxygen atoms in total. The number of phenols is 1. The van der Waals surface area contributed by atoms with Crippen molar-refractivity contribution >= 4 is 11.7 Å². The third-order valence-electron chi connectivity index (χ3n) is 2.47. The molecule has 0 aliphatic heterocycles. The molecule has 0 saturated carbocycles. The molecule has 3 N–H and O–H groups in total. The molecule has 98 valence electrons. The minimum atomic E-state index is -0.394. The first-order valence-corrected chi connectivity index (χ1v) is 5.72. The van der Waals surface area contributed by atoms with Crippen LogP contribution in [0.15, 0.2) is 48.5 Å². The van der Waals surface area contributed by atoms with Gasteiger partial charge < -0.3 is 15.7 Å². The van der Waals surface area contributed by atoms with Gasteiger partial charge in [-0.1, -0.05) is 12.1 Å². The third kappa shape index (κ3) is 3.99. The third-order valence-corrected chi connectivity index (χ3v) is 2.47. The number of urea groups is 1. The molecule has 2 aromatic rings. The van der Waals surface area contributed by atoms with Gasteiger partial charge in [-0.25, -0.2) is 9.18 Å². The van der Waals surface area contributed by atoms with Crippen molar-refractivity contribution in [3.8, 4) is 5.75 Å². The van der Waals surface area contributed by atoms with E-state index in [1.165, 1.54) is 24.3 Å². The van der Waals surface area contributed by atoms with Crippen molar-refractivity contribution in [2.75, 3.05) is 5.32 Å². The topological polar surface area (TPSA) is 61.4 Å². The van der Waals surface area contributed by atoms with E-state index in [2.05, 4.69) is 10.6 Å². The van der Waals surface area contributed by atoms with E-state index in [-0.39, 0.29) is 11.6 Å². The minimum Gasteiger partial charge on any atom is -0.508 e. The Labute approximate surface area is 109 Å². The van der Waals surface area contributed by atoms with Crippen LogP contribution in [-0.4, -0.2) is 11.1 Å². The van der Waals surface area contributed by atoms with Gasteiger partial charge >= 0.3 is 6.03 Å². The van der Waals surface area contributed by atoms with Crippen LogP contribution in [0.4, 0.5) is 14.9 Å². The summed E-state index contributed by atoms with van der Waals surface area (Å²) >= 11 is 0. The molecule has 2 aromatic carbocycles. The zero-order valence-corrected chi connectivity index (χ0v) is 10.1. The number of carbonyl (C=O) groups is 1. The molecule has 0 unspecified atom stereocenters. The highest BCUT2D eigenvalue weighted by Gasteiger charge is 2.02. The number of halogens is 1. The molecule has 0 aliphatic rings. The van der Waals surface area contributed by atoms with E-state index in [1.807, 2.05) is 0 Å². The van der Waals surface area contributed by atoms with Crippen LogP contribution in [0.2, 0.25) is 0 Å². The summed E-state index contributed by atoms with van der Waals surface area (Å²) in [6.45, 7) is 0.293. The Morgan fingerprint density at radius 2 is 1.89 bits per heavy atom. The summed E-state index contributed by atoms with van der Waals surface area (Å²) in [6.07, 6.45) is 0. The second-order valence-electron chi connectivity index (χ2n) is 3.98. The predicted octanol–water partition coefficient (Wildman–Crippen LogP) is 2.85. The fraction of sp³-hybridized carbons (Fsp3) is 0.0714. The fourth-order valence-electron chi connectivity index (χ4n) is 1.56. The van der Waals surface area contributed by atoms with Crippen molar-refractivity contribution in [1.82, 2.24) is 5.32 Å². The molecule has 5 heteroatoms. The summed E-state index contributed by atoms with van der Waals surface area (Å²) in [6, 6.07) is 11.7. The van der Waals surface area contributed by atoms with Gasteiger partial charge in [-0.3, -0.25) is 0 Å². The Morgan fingerprint density at radius 1 is 1.16 bits per heavy atom. The van der Waals surface area contributed by atoms with E-state index in [0.717, 1.165) is 5.56 Å². The monoisotopic (exact) mass is 260 g/mol. The van der Waals surface area contributed by atoms with Crippen molar-refractivity contribution in [3.63, 3.8) is 0 Å². The predicted molar refractivity (Wildman–Crippen MR) is 70.4 cm³/mol. The second kappa shape index (κ2) is 5.86. The fourth-order valence-corrected chi connectivity index (χ4v) is 1.56. The number of hydrogen-bond acceptors (Lipinski definition) is 2. The molecule has 2 rings (SSSR count). The lowest BCUT2D eigenvalue weighted by Crippen LogP contribution is -2.28. The van der Waals surface area contributed by atoms with Gasteiger partial charge in [-0.15, -0.1) is 0 Å². The number of hydrogen-bond donors (Lipinski definition) is 3. The number of nitrogens with one attached hydrogen (secondary N) is 2. The Morgan fingerprint density at radius 3 is 2.58 bits per heavy atom. The molecular formula is C14H13FN2O2. The summed E-state index contributed by atoms with van der Waals surface area (Å²) in [5.74, 6) is -0.205. The molecule has 0 aromatic heterocycles. The second-order valence-corrected chi connectivity index (χ2v) is 3.98. The summed E-state index contributed by atoms with van der Waals surface area (Å²) in [5.41, 5.74) is 1.30. The Balaban J connectivity index is 1.86. The lowest BCUT2D eigenvalue weighted by Gasteiger charge is -2.07. The van der Waals surface area contributed by atoms with Crippen LogP contribution in [0.25, 0.3) is 0 Å². The smallest absolute Gasteiger partial charge is 0.319 e. The molecule has 0 saturated heterocycles. The first kappa shape index (κ1) is 12.9. The van der Waals surface area contributed by atoms with Crippen molar-refractivity contribution < 1.29 is 14.3 Å².